The second-order valence-electron chi connectivity index (χ2n) is 4.02. The van der Waals surface area contributed by atoms with Gasteiger partial charge in [-0.15, -0.1) is 0 Å². The molecule has 0 aliphatic rings. The predicted molar refractivity (Wildman–Crippen MR) is 84.4 cm³/mol. The number of nitrogens with zero attached hydrogens (tertiary/aromatic N) is 1. The van der Waals surface area contributed by atoms with Crippen LogP contribution in [0.1, 0.15) is 18.2 Å². The number of aryl methyl sites for hydroxylation is 2. The van der Waals surface area contributed by atoms with Gasteiger partial charge in [0, 0.05) is 15.7 Å². The molecule has 1 heterocycles. The fourth-order valence-electron chi connectivity index (χ4n) is 1.69. The number of halogens is 2. The summed E-state index contributed by atoms with van der Waals surface area (Å²) in [5.74, 6) is 0.798. The lowest BCUT2D eigenvalue weighted by molar-refractivity contribution is 0.983. The fourth-order valence-corrected chi connectivity index (χ4v) is 3.05. The number of benzene rings is 1. The molecule has 2 nitrogen and oxygen atoms in total. The van der Waals surface area contributed by atoms with Crippen molar-refractivity contribution in [3.8, 4) is 11.4 Å². The second-order valence-corrected chi connectivity index (χ2v) is 6.05. The molecule has 0 radical (unpaired) electrons. The molecule has 0 saturated heterocycles. The van der Waals surface area contributed by atoms with Crippen LogP contribution in [0.5, 0.6) is 0 Å². The third kappa shape index (κ3) is 2.73. The number of rotatable bonds is 2. The Labute approximate surface area is 128 Å². The van der Waals surface area contributed by atoms with Gasteiger partial charge in [0.1, 0.15) is 10.5 Å². The first kappa shape index (κ1) is 13.9. The maximum Gasteiger partial charge on any atom is 0.144 e. The van der Waals surface area contributed by atoms with Crippen LogP contribution >= 0.6 is 44.1 Å². The van der Waals surface area contributed by atoms with Crippen molar-refractivity contribution in [1.29, 1.82) is 0 Å². The minimum Gasteiger partial charge on any atom is -0.342 e. The molecule has 94 valence electrons. The van der Waals surface area contributed by atoms with Crippen LogP contribution in [0.3, 0.4) is 0 Å². The minimum absolute atomic E-state index is 0.591. The van der Waals surface area contributed by atoms with E-state index < -0.39 is 0 Å². The third-order valence-electron chi connectivity index (χ3n) is 2.67. The SMILES string of the molecule is CCc1[nH]c(-c2ccc(C)cc2Br)nc(=S)c1Br. The number of hydrogen-bond acceptors (Lipinski definition) is 2. The first-order chi connectivity index (χ1) is 8.52. The average Bonchev–Trinajstić information content (AvgIpc) is 2.32. The Balaban J connectivity index is 2.64. The van der Waals surface area contributed by atoms with Crippen molar-refractivity contribution in [2.45, 2.75) is 20.3 Å². The Hall–Kier alpha value is -0.520. The third-order valence-corrected chi connectivity index (χ3v) is 4.74. The maximum absolute atomic E-state index is 5.27. The summed E-state index contributed by atoms with van der Waals surface area (Å²) in [5.41, 5.74) is 3.29. The number of aromatic amines is 1. The molecule has 0 unspecified atom stereocenters. The van der Waals surface area contributed by atoms with Crippen LogP contribution in [0.25, 0.3) is 11.4 Å². The molecule has 0 saturated carbocycles. The van der Waals surface area contributed by atoms with E-state index in [2.05, 4.69) is 67.8 Å². The van der Waals surface area contributed by atoms with Crippen molar-refractivity contribution >= 4 is 44.1 Å². The zero-order chi connectivity index (χ0) is 13.3. The molecule has 18 heavy (non-hydrogen) atoms. The van der Waals surface area contributed by atoms with Crippen molar-refractivity contribution < 1.29 is 0 Å². The molecular weight excluding hydrogens is 376 g/mol. The summed E-state index contributed by atoms with van der Waals surface area (Å²) in [6.07, 6.45) is 0.878. The zero-order valence-corrected chi connectivity index (χ0v) is 14.0. The van der Waals surface area contributed by atoms with Gasteiger partial charge in [-0.2, -0.15) is 0 Å². The van der Waals surface area contributed by atoms with Crippen LogP contribution in [0.4, 0.5) is 0 Å². The van der Waals surface area contributed by atoms with Gasteiger partial charge >= 0.3 is 0 Å². The van der Waals surface area contributed by atoms with Crippen molar-refractivity contribution in [2.24, 2.45) is 0 Å². The summed E-state index contributed by atoms with van der Waals surface area (Å²) in [4.78, 5) is 7.75. The van der Waals surface area contributed by atoms with Gasteiger partial charge in [0.15, 0.2) is 0 Å². The summed E-state index contributed by atoms with van der Waals surface area (Å²) in [6, 6.07) is 6.17. The zero-order valence-electron chi connectivity index (χ0n) is 10.1. The lowest BCUT2D eigenvalue weighted by Crippen LogP contribution is -1.98. The molecule has 0 atom stereocenters. The highest BCUT2D eigenvalue weighted by Gasteiger charge is 2.09. The number of hydrogen-bond donors (Lipinski definition) is 1. The standard InChI is InChI=1S/C13H12Br2N2S/c1-3-10-11(15)13(18)17-12(16-10)8-5-4-7(2)6-9(8)14/h4-6H,3H2,1-2H3,(H,16,17,18). The highest BCUT2D eigenvalue weighted by Crippen LogP contribution is 2.28. The van der Waals surface area contributed by atoms with Crippen molar-refractivity contribution in [3.63, 3.8) is 0 Å². The summed E-state index contributed by atoms with van der Waals surface area (Å²) < 4.78 is 2.49. The number of H-pyrrole nitrogens is 1. The van der Waals surface area contributed by atoms with E-state index in [0.717, 1.165) is 32.4 Å². The number of aromatic nitrogens is 2. The Bertz CT molecular complexity index is 650. The fraction of sp³-hybridized carbons (Fsp3) is 0.231. The lowest BCUT2D eigenvalue weighted by atomic mass is 10.1. The average molecular weight is 388 g/mol. The van der Waals surface area contributed by atoms with Gasteiger partial charge in [0.05, 0.1) is 4.47 Å². The van der Waals surface area contributed by atoms with Crippen LogP contribution in [0, 0.1) is 11.6 Å². The molecule has 1 aromatic carbocycles. The molecule has 0 aliphatic heterocycles. The monoisotopic (exact) mass is 386 g/mol. The quantitative estimate of drug-likeness (QED) is 0.717. The lowest BCUT2D eigenvalue weighted by Gasteiger charge is -2.09. The largest absolute Gasteiger partial charge is 0.342 e. The smallest absolute Gasteiger partial charge is 0.144 e. The van der Waals surface area contributed by atoms with E-state index in [1.165, 1.54) is 5.56 Å². The van der Waals surface area contributed by atoms with E-state index in [-0.39, 0.29) is 0 Å². The van der Waals surface area contributed by atoms with Gasteiger partial charge in [-0.1, -0.05) is 41.1 Å². The van der Waals surface area contributed by atoms with E-state index in [1.54, 1.807) is 0 Å². The normalized spacial score (nSPS) is 10.7. The van der Waals surface area contributed by atoms with E-state index >= 15 is 0 Å². The molecule has 5 heteroatoms. The van der Waals surface area contributed by atoms with Crippen LogP contribution in [-0.4, -0.2) is 9.97 Å². The van der Waals surface area contributed by atoms with E-state index in [4.69, 9.17) is 12.2 Å². The van der Waals surface area contributed by atoms with Gasteiger partial charge in [-0.05, 0) is 47.0 Å². The molecule has 1 aromatic heterocycles. The highest BCUT2D eigenvalue weighted by molar-refractivity contribution is 9.11. The highest BCUT2D eigenvalue weighted by atomic mass is 79.9. The maximum atomic E-state index is 5.27. The van der Waals surface area contributed by atoms with Crippen LogP contribution in [0.2, 0.25) is 0 Å². The molecule has 0 amide bonds. The molecule has 0 bridgehead atoms. The summed E-state index contributed by atoms with van der Waals surface area (Å²) in [6.45, 7) is 4.14. The molecule has 0 aliphatic carbocycles. The van der Waals surface area contributed by atoms with Crippen molar-refractivity contribution in [1.82, 2.24) is 9.97 Å². The molecule has 1 N–H and O–H groups in total. The van der Waals surface area contributed by atoms with E-state index in [0.29, 0.717) is 4.64 Å². The minimum atomic E-state index is 0.591. The predicted octanol–water partition coefficient (Wildman–Crippen LogP) is 5.20. The Morgan fingerprint density at radius 3 is 2.67 bits per heavy atom. The molecule has 0 fully saturated rings. The summed E-state index contributed by atoms with van der Waals surface area (Å²) in [5, 5.41) is 0. The van der Waals surface area contributed by atoms with Gasteiger partial charge in [-0.3, -0.25) is 0 Å². The number of nitrogens with one attached hydrogen (secondary N) is 1. The molecular formula is C13H12Br2N2S. The van der Waals surface area contributed by atoms with Crippen LogP contribution < -0.4 is 0 Å². The topological polar surface area (TPSA) is 28.7 Å². The van der Waals surface area contributed by atoms with Crippen molar-refractivity contribution in [2.75, 3.05) is 0 Å². The molecule has 2 aromatic rings. The second kappa shape index (κ2) is 5.63. The molecule has 2 rings (SSSR count). The Morgan fingerprint density at radius 1 is 1.33 bits per heavy atom. The Morgan fingerprint density at radius 2 is 2.06 bits per heavy atom. The first-order valence-corrected chi connectivity index (χ1v) is 7.57. The van der Waals surface area contributed by atoms with E-state index in [1.807, 2.05) is 6.07 Å². The van der Waals surface area contributed by atoms with Crippen molar-refractivity contribution in [3.05, 3.63) is 43.0 Å². The van der Waals surface area contributed by atoms with Gasteiger partial charge in [-0.25, -0.2) is 4.98 Å². The first-order valence-electron chi connectivity index (χ1n) is 5.58. The van der Waals surface area contributed by atoms with E-state index in [9.17, 15) is 0 Å². The van der Waals surface area contributed by atoms with Crippen LogP contribution in [-0.2, 0) is 6.42 Å². The van der Waals surface area contributed by atoms with Gasteiger partial charge in [0.25, 0.3) is 0 Å². The summed E-state index contributed by atoms with van der Waals surface area (Å²) in [7, 11) is 0. The summed E-state index contributed by atoms with van der Waals surface area (Å²) >= 11 is 12.3. The van der Waals surface area contributed by atoms with Crippen LogP contribution in [0.15, 0.2) is 27.1 Å². The van der Waals surface area contributed by atoms with Gasteiger partial charge in [0.2, 0.25) is 0 Å². The van der Waals surface area contributed by atoms with Gasteiger partial charge < -0.3 is 4.98 Å². The Kier molecular flexibility index (Phi) is 4.35. The molecule has 0 spiro atoms.